The number of rotatable bonds is 4. The van der Waals surface area contributed by atoms with E-state index >= 15 is 0 Å². The third-order valence-corrected chi connectivity index (χ3v) is 3.82. The van der Waals surface area contributed by atoms with Crippen LogP contribution in [0.1, 0.15) is 20.3 Å². The van der Waals surface area contributed by atoms with E-state index in [1.54, 1.807) is 0 Å². The van der Waals surface area contributed by atoms with Gasteiger partial charge in [-0.05, 0) is 44.7 Å². The normalized spacial score (nSPS) is 14.3. The van der Waals surface area contributed by atoms with E-state index in [0.717, 1.165) is 18.7 Å². The second-order valence-corrected chi connectivity index (χ2v) is 5.65. The molecule has 0 spiro atoms. The minimum atomic E-state index is 0.380. The summed E-state index contributed by atoms with van der Waals surface area (Å²) in [5, 5.41) is 4.46. The number of nitrogens with zero attached hydrogens (tertiary/aromatic N) is 1. The SMILES string of the molecule is CC(C)N(CC1=CCC=CN1)c1ccc(Cl)c(Cl)c1. The summed E-state index contributed by atoms with van der Waals surface area (Å²) in [6.45, 7) is 5.17. The summed E-state index contributed by atoms with van der Waals surface area (Å²) < 4.78 is 0. The molecule has 1 heterocycles. The molecule has 0 saturated carbocycles. The molecule has 0 fully saturated rings. The third kappa shape index (κ3) is 3.68. The molecule has 2 rings (SSSR count). The van der Waals surface area contributed by atoms with Crippen molar-refractivity contribution in [1.82, 2.24) is 5.32 Å². The quantitative estimate of drug-likeness (QED) is 0.873. The first kappa shape index (κ1) is 14.3. The van der Waals surface area contributed by atoms with Crippen LogP contribution in [0.2, 0.25) is 10.0 Å². The van der Waals surface area contributed by atoms with Crippen molar-refractivity contribution in [2.24, 2.45) is 0 Å². The van der Waals surface area contributed by atoms with Gasteiger partial charge in [0.15, 0.2) is 0 Å². The number of dihydropyridines is 1. The number of nitrogens with one attached hydrogen (secondary N) is 1. The summed E-state index contributed by atoms with van der Waals surface area (Å²) in [5.74, 6) is 0. The highest BCUT2D eigenvalue weighted by Gasteiger charge is 2.14. The van der Waals surface area contributed by atoms with Crippen LogP contribution in [0.15, 0.2) is 42.2 Å². The summed E-state index contributed by atoms with van der Waals surface area (Å²) >= 11 is 12.1. The zero-order valence-electron chi connectivity index (χ0n) is 11.2. The number of hydrogen-bond donors (Lipinski definition) is 1. The molecule has 0 amide bonds. The maximum Gasteiger partial charge on any atom is 0.0612 e. The Labute approximate surface area is 124 Å². The number of allylic oxidation sites excluding steroid dienone is 2. The highest BCUT2D eigenvalue weighted by atomic mass is 35.5. The molecule has 2 nitrogen and oxygen atoms in total. The first-order valence-corrected chi connectivity index (χ1v) is 7.16. The zero-order chi connectivity index (χ0) is 13.8. The fraction of sp³-hybridized carbons (Fsp3) is 0.333. The van der Waals surface area contributed by atoms with Crippen molar-refractivity contribution >= 4 is 28.9 Å². The van der Waals surface area contributed by atoms with Crippen LogP contribution in [0.5, 0.6) is 0 Å². The zero-order valence-corrected chi connectivity index (χ0v) is 12.7. The largest absolute Gasteiger partial charge is 0.364 e. The summed E-state index contributed by atoms with van der Waals surface area (Å²) in [7, 11) is 0. The molecule has 1 aliphatic rings. The summed E-state index contributed by atoms with van der Waals surface area (Å²) in [6.07, 6.45) is 7.27. The van der Waals surface area contributed by atoms with Crippen LogP contribution in [-0.4, -0.2) is 12.6 Å². The van der Waals surface area contributed by atoms with E-state index in [0.29, 0.717) is 16.1 Å². The van der Waals surface area contributed by atoms with E-state index in [9.17, 15) is 0 Å². The lowest BCUT2D eigenvalue weighted by Gasteiger charge is -2.30. The van der Waals surface area contributed by atoms with Crippen molar-refractivity contribution in [3.05, 3.63) is 52.3 Å². The van der Waals surface area contributed by atoms with Crippen LogP contribution < -0.4 is 10.2 Å². The van der Waals surface area contributed by atoms with Crippen molar-refractivity contribution in [2.45, 2.75) is 26.3 Å². The molecular weight excluding hydrogens is 279 g/mol. The van der Waals surface area contributed by atoms with Gasteiger partial charge >= 0.3 is 0 Å². The first-order chi connectivity index (χ1) is 9.08. The Morgan fingerprint density at radius 1 is 1.26 bits per heavy atom. The Hall–Kier alpha value is -1.12. The highest BCUT2D eigenvalue weighted by Crippen LogP contribution is 2.28. The molecule has 0 saturated heterocycles. The van der Waals surface area contributed by atoms with Gasteiger partial charge in [-0.2, -0.15) is 0 Å². The van der Waals surface area contributed by atoms with Crippen LogP contribution >= 0.6 is 23.2 Å². The third-order valence-electron chi connectivity index (χ3n) is 3.09. The van der Waals surface area contributed by atoms with Crippen LogP contribution in [-0.2, 0) is 0 Å². The molecular formula is C15H18Cl2N2. The highest BCUT2D eigenvalue weighted by molar-refractivity contribution is 6.42. The van der Waals surface area contributed by atoms with Crippen molar-refractivity contribution in [3.8, 4) is 0 Å². The number of anilines is 1. The van der Waals surface area contributed by atoms with E-state index in [4.69, 9.17) is 23.2 Å². The average Bonchev–Trinajstić information content (AvgIpc) is 2.40. The smallest absolute Gasteiger partial charge is 0.0612 e. The monoisotopic (exact) mass is 296 g/mol. The van der Waals surface area contributed by atoms with Gasteiger partial charge in [0.2, 0.25) is 0 Å². The molecule has 0 aromatic heterocycles. The fourth-order valence-corrected chi connectivity index (χ4v) is 2.32. The van der Waals surface area contributed by atoms with E-state index in [1.165, 1.54) is 5.70 Å². The van der Waals surface area contributed by atoms with Crippen molar-refractivity contribution in [1.29, 1.82) is 0 Å². The molecule has 0 aliphatic carbocycles. The number of benzene rings is 1. The standard InChI is InChI=1S/C15H18Cl2N2/c1-11(2)19(10-12-5-3-4-8-18-12)13-6-7-14(16)15(17)9-13/h4-9,11,18H,3,10H2,1-2H3. The summed E-state index contributed by atoms with van der Waals surface area (Å²) in [5.41, 5.74) is 2.30. The molecule has 0 atom stereocenters. The predicted octanol–water partition coefficient (Wildman–Crippen LogP) is 4.60. The molecule has 19 heavy (non-hydrogen) atoms. The predicted molar refractivity (Wildman–Crippen MR) is 83.9 cm³/mol. The molecule has 0 bridgehead atoms. The van der Waals surface area contributed by atoms with Crippen LogP contribution in [0.3, 0.4) is 0 Å². The number of hydrogen-bond acceptors (Lipinski definition) is 2. The van der Waals surface area contributed by atoms with Gasteiger partial charge in [-0.1, -0.05) is 35.4 Å². The molecule has 0 radical (unpaired) electrons. The minimum Gasteiger partial charge on any atom is -0.364 e. The fourth-order valence-electron chi connectivity index (χ4n) is 2.03. The van der Waals surface area contributed by atoms with Gasteiger partial charge < -0.3 is 10.2 Å². The Morgan fingerprint density at radius 3 is 2.63 bits per heavy atom. The van der Waals surface area contributed by atoms with Crippen molar-refractivity contribution in [3.63, 3.8) is 0 Å². The van der Waals surface area contributed by atoms with Crippen LogP contribution in [0, 0.1) is 0 Å². The van der Waals surface area contributed by atoms with Crippen LogP contribution in [0.4, 0.5) is 5.69 Å². The lowest BCUT2D eigenvalue weighted by molar-refractivity contribution is 0.696. The summed E-state index contributed by atoms with van der Waals surface area (Å²) in [4.78, 5) is 2.29. The second kappa shape index (κ2) is 6.36. The van der Waals surface area contributed by atoms with Gasteiger partial charge in [-0.25, -0.2) is 0 Å². The molecule has 0 unspecified atom stereocenters. The van der Waals surface area contributed by atoms with Gasteiger partial charge in [0.25, 0.3) is 0 Å². The van der Waals surface area contributed by atoms with E-state index in [1.807, 2.05) is 24.4 Å². The molecule has 1 aromatic rings. The van der Waals surface area contributed by atoms with E-state index in [2.05, 4.69) is 36.2 Å². The maximum absolute atomic E-state index is 6.11. The average molecular weight is 297 g/mol. The maximum atomic E-state index is 6.11. The Morgan fingerprint density at radius 2 is 2.05 bits per heavy atom. The lowest BCUT2D eigenvalue weighted by atomic mass is 10.2. The topological polar surface area (TPSA) is 15.3 Å². The van der Waals surface area contributed by atoms with Gasteiger partial charge in [-0.15, -0.1) is 0 Å². The number of halogens is 2. The minimum absolute atomic E-state index is 0.380. The van der Waals surface area contributed by atoms with Crippen molar-refractivity contribution in [2.75, 3.05) is 11.4 Å². The Balaban J connectivity index is 2.19. The van der Waals surface area contributed by atoms with E-state index in [-0.39, 0.29) is 0 Å². The first-order valence-electron chi connectivity index (χ1n) is 6.40. The van der Waals surface area contributed by atoms with Gasteiger partial charge in [0.05, 0.1) is 16.6 Å². The van der Waals surface area contributed by atoms with Gasteiger partial charge in [0, 0.05) is 17.4 Å². The molecule has 1 aromatic carbocycles. The van der Waals surface area contributed by atoms with Gasteiger partial charge in [-0.3, -0.25) is 0 Å². The van der Waals surface area contributed by atoms with Gasteiger partial charge in [0.1, 0.15) is 0 Å². The molecule has 102 valence electrons. The Bertz CT molecular complexity index is 507. The van der Waals surface area contributed by atoms with Crippen LogP contribution in [0.25, 0.3) is 0 Å². The summed E-state index contributed by atoms with van der Waals surface area (Å²) in [6, 6.07) is 6.15. The van der Waals surface area contributed by atoms with Crippen molar-refractivity contribution < 1.29 is 0 Å². The lowest BCUT2D eigenvalue weighted by Crippen LogP contribution is -2.35. The molecule has 1 N–H and O–H groups in total. The molecule has 1 aliphatic heterocycles. The molecule has 4 heteroatoms. The van der Waals surface area contributed by atoms with E-state index < -0.39 is 0 Å². The Kier molecular flexibility index (Phi) is 4.78. The second-order valence-electron chi connectivity index (χ2n) is 4.83.